The Hall–Kier alpha value is -2.78. The van der Waals surface area contributed by atoms with Crippen molar-refractivity contribution in [2.75, 3.05) is 11.1 Å². The lowest BCUT2D eigenvalue weighted by molar-refractivity contribution is -0.113. The first-order valence-electron chi connectivity index (χ1n) is 8.42. The molecule has 3 aromatic heterocycles. The van der Waals surface area contributed by atoms with Crippen molar-refractivity contribution in [1.29, 1.82) is 0 Å². The topological polar surface area (TPSA) is 85.6 Å². The summed E-state index contributed by atoms with van der Waals surface area (Å²) in [6.45, 7) is 4.44. The van der Waals surface area contributed by atoms with Crippen molar-refractivity contribution in [1.82, 2.24) is 24.7 Å². The zero-order valence-electron chi connectivity index (χ0n) is 14.7. The van der Waals surface area contributed by atoms with Crippen molar-refractivity contribution in [3.63, 3.8) is 0 Å². The Bertz CT molecular complexity index is 1170. The number of halogens is 1. The van der Waals surface area contributed by atoms with Gasteiger partial charge < -0.3 is 9.88 Å². The maximum Gasteiger partial charge on any atom is 0.236 e. The summed E-state index contributed by atoms with van der Waals surface area (Å²) in [5, 5.41) is 12.7. The minimum Gasteiger partial charge on any atom is -0.320 e. The number of carbonyl (C=O) groups excluding carboxylic acids is 1. The molecule has 0 radical (unpaired) electrons. The van der Waals surface area contributed by atoms with Gasteiger partial charge in [0.1, 0.15) is 11.3 Å². The second-order valence-corrected chi connectivity index (χ2v) is 7.74. The van der Waals surface area contributed by atoms with E-state index in [1.165, 1.54) is 11.8 Å². The van der Waals surface area contributed by atoms with Crippen LogP contribution in [0.3, 0.4) is 0 Å². The number of amides is 1. The highest BCUT2D eigenvalue weighted by atomic mass is 79.9. The summed E-state index contributed by atoms with van der Waals surface area (Å²) in [5.74, 6) is 0.469. The van der Waals surface area contributed by atoms with Crippen LogP contribution in [0.5, 0.6) is 0 Å². The Morgan fingerprint density at radius 3 is 2.89 bits per heavy atom. The van der Waals surface area contributed by atoms with Gasteiger partial charge in [-0.3, -0.25) is 4.79 Å². The molecule has 1 N–H and O–H groups in total. The zero-order valence-corrected chi connectivity index (χ0v) is 17.1. The molecule has 0 aliphatic rings. The Morgan fingerprint density at radius 2 is 2.11 bits per heavy atom. The van der Waals surface area contributed by atoms with Crippen LogP contribution < -0.4 is 5.32 Å². The van der Waals surface area contributed by atoms with Gasteiger partial charge in [-0.05, 0) is 34.1 Å². The molecule has 0 aliphatic heterocycles. The fraction of sp³-hybridized carbons (Fsp3) is 0.105. The van der Waals surface area contributed by atoms with Crippen LogP contribution in [0.1, 0.15) is 0 Å². The summed E-state index contributed by atoms with van der Waals surface area (Å²) >= 11 is 4.54. The molecule has 9 heteroatoms. The van der Waals surface area contributed by atoms with Crippen molar-refractivity contribution in [3.05, 3.63) is 59.7 Å². The van der Waals surface area contributed by atoms with Crippen LogP contribution in [-0.4, -0.2) is 36.4 Å². The van der Waals surface area contributed by atoms with Crippen molar-refractivity contribution < 1.29 is 4.79 Å². The number of aromatic nitrogens is 5. The van der Waals surface area contributed by atoms with E-state index in [0.717, 1.165) is 26.5 Å². The first-order valence-corrected chi connectivity index (χ1v) is 10.2. The molecular weight excluding hydrogens is 440 g/mol. The Morgan fingerprint density at radius 1 is 1.25 bits per heavy atom. The van der Waals surface area contributed by atoms with Crippen LogP contribution in [-0.2, 0) is 11.3 Å². The lowest BCUT2D eigenvalue weighted by atomic mass is 10.2. The minimum absolute atomic E-state index is 0.159. The molecule has 1 aromatic carbocycles. The number of fused-ring (bicyclic) bond motifs is 3. The average molecular weight is 455 g/mol. The number of carbonyl (C=O) groups is 1. The van der Waals surface area contributed by atoms with Gasteiger partial charge in [0.15, 0.2) is 5.65 Å². The second kappa shape index (κ2) is 8.07. The Kier molecular flexibility index (Phi) is 5.36. The first kappa shape index (κ1) is 18.6. The van der Waals surface area contributed by atoms with Crippen molar-refractivity contribution in [3.8, 4) is 0 Å². The summed E-state index contributed by atoms with van der Waals surface area (Å²) in [5.41, 5.74) is 2.50. The van der Waals surface area contributed by atoms with Gasteiger partial charge in [-0.1, -0.05) is 36.0 Å². The van der Waals surface area contributed by atoms with E-state index < -0.39 is 0 Å². The number of nitrogens with one attached hydrogen (secondary N) is 1. The van der Waals surface area contributed by atoms with E-state index in [2.05, 4.69) is 48.0 Å². The normalized spacial score (nSPS) is 11.0. The minimum atomic E-state index is -0.185. The van der Waals surface area contributed by atoms with Gasteiger partial charge >= 0.3 is 0 Å². The summed E-state index contributed by atoms with van der Waals surface area (Å²) in [7, 11) is 0. The third kappa shape index (κ3) is 3.76. The van der Waals surface area contributed by atoms with Crippen LogP contribution in [0.25, 0.3) is 22.1 Å². The monoisotopic (exact) mass is 454 g/mol. The third-order valence-corrected chi connectivity index (χ3v) is 5.30. The third-order valence-electron chi connectivity index (χ3n) is 3.99. The Labute approximate surface area is 173 Å². The summed E-state index contributed by atoms with van der Waals surface area (Å²) in [6.07, 6.45) is 3.45. The molecule has 0 aliphatic carbocycles. The smallest absolute Gasteiger partial charge is 0.236 e. The van der Waals surface area contributed by atoms with Crippen molar-refractivity contribution >= 4 is 61.5 Å². The number of hydrogen-bond acceptors (Lipinski definition) is 6. The van der Waals surface area contributed by atoms with Gasteiger partial charge in [0, 0.05) is 22.6 Å². The summed E-state index contributed by atoms with van der Waals surface area (Å²) in [6, 6.07) is 11.5. The molecular formula is C19H15BrN6OS. The standard InChI is InChI=1S/C19H15BrN6OS/c1-2-9-26-14-6-4-3-5-13(14)17-18(26)23-19(25-24-17)28-11-16(27)22-15-8-7-12(20)10-21-15/h2-8,10H,1,9,11H2,(H,21,22,27). The number of nitrogens with zero attached hydrogens (tertiary/aromatic N) is 5. The van der Waals surface area contributed by atoms with Gasteiger partial charge in [-0.25, -0.2) is 9.97 Å². The van der Waals surface area contributed by atoms with E-state index >= 15 is 0 Å². The quantitative estimate of drug-likeness (QED) is 0.349. The van der Waals surface area contributed by atoms with Crippen LogP contribution in [0.2, 0.25) is 0 Å². The second-order valence-electron chi connectivity index (χ2n) is 5.88. The molecule has 1 amide bonds. The van der Waals surface area contributed by atoms with Crippen LogP contribution >= 0.6 is 27.7 Å². The lowest BCUT2D eigenvalue weighted by Gasteiger charge is -2.05. The molecule has 0 fully saturated rings. The molecule has 0 spiro atoms. The van der Waals surface area contributed by atoms with Crippen LogP contribution in [0.15, 0.2) is 64.9 Å². The van der Waals surface area contributed by atoms with Gasteiger partial charge in [0.05, 0.1) is 11.3 Å². The first-order chi connectivity index (χ1) is 13.7. The predicted molar refractivity (Wildman–Crippen MR) is 114 cm³/mol. The average Bonchev–Trinajstić information content (AvgIpc) is 3.02. The summed E-state index contributed by atoms with van der Waals surface area (Å²) < 4.78 is 2.89. The van der Waals surface area contributed by atoms with Crippen LogP contribution in [0.4, 0.5) is 5.82 Å². The predicted octanol–water partition coefficient (Wildman–Crippen LogP) is 4.05. The number of anilines is 1. The maximum atomic E-state index is 12.2. The molecule has 0 saturated heterocycles. The Balaban J connectivity index is 1.55. The number of allylic oxidation sites excluding steroid dienone is 1. The molecule has 3 heterocycles. The molecule has 4 rings (SSSR count). The number of para-hydroxylation sites is 1. The van der Waals surface area contributed by atoms with Gasteiger partial charge in [0.25, 0.3) is 0 Å². The zero-order chi connectivity index (χ0) is 19.5. The fourth-order valence-corrected chi connectivity index (χ4v) is 3.64. The van der Waals surface area contributed by atoms with E-state index in [9.17, 15) is 4.79 Å². The highest BCUT2D eigenvalue weighted by Crippen LogP contribution is 2.27. The molecule has 0 saturated carbocycles. The number of thioether (sulfide) groups is 1. The highest BCUT2D eigenvalue weighted by Gasteiger charge is 2.14. The fourth-order valence-electron chi connectivity index (χ4n) is 2.82. The molecule has 28 heavy (non-hydrogen) atoms. The van der Waals surface area contributed by atoms with E-state index in [4.69, 9.17) is 0 Å². The van der Waals surface area contributed by atoms with Crippen LogP contribution in [0, 0.1) is 0 Å². The number of hydrogen-bond donors (Lipinski definition) is 1. The van der Waals surface area contributed by atoms with E-state index in [1.807, 2.05) is 41.0 Å². The SMILES string of the molecule is C=CCn1c2ccccc2c2nnc(SCC(=O)Nc3ccc(Br)cn3)nc21. The van der Waals surface area contributed by atoms with Crippen molar-refractivity contribution in [2.24, 2.45) is 0 Å². The molecule has 0 bridgehead atoms. The summed E-state index contributed by atoms with van der Waals surface area (Å²) in [4.78, 5) is 20.9. The maximum absolute atomic E-state index is 12.2. The van der Waals surface area contributed by atoms with E-state index in [-0.39, 0.29) is 11.7 Å². The molecule has 0 atom stereocenters. The number of pyridine rings is 1. The molecule has 4 aromatic rings. The number of rotatable bonds is 6. The van der Waals surface area contributed by atoms with Crippen molar-refractivity contribution in [2.45, 2.75) is 11.7 Å². The lowest BCUT2D eigenvalue weighted by Crippen LogP contribution is -2.15. The molecule has 140 valence electrons. The van der Waals surface area contributed by atoms with Gasteiger partial charge in [0.2, 0.25) is 11.1 Å². The van der Waals surface area contributed by atoms with Gasteiger partial charge in [-0.2, -0.15) is 0 Å². The molecule has 7 nitrogen and oxygen atoms in total. The molecule has 0 unspecified atom stereocenters. The largest absolute Gasteiger partial charge is 0.320 e. The highest BCUT2D eigenvalue weighted by molar-refractivity contribution is 9.10. The number of benzene rings is 1. The van der Waals surface area contributed by atoms with E-state index in [1.54, 1.807) is 12.3 Å². The van der Waals surface area contributed by atoms with Gasteiger partial charge in [-0.15, -0.1) is 16.8 Å². The van der Waals surface area contributed by atoms with E-state index in [0.29, 0.717) is 17.5 Å².